The number of hydrogen-bond donors (Lipinski definition) is 2. The van der Waals surface area contributed by atoms with Gasteiger partial charge >= 0.3 is 12.1 Å². The van der Waals surface area contributed by atoms with Crippen molar-refractivity contribution in [3.8, 4) is 0 Å². The van der Waals surface area contributed by atoms with Crippen LogP contribution < -0.4 is 5.32 Å². The second kappa shape index (κ2) is 6.32. The molecule has 0 fully saturated rings. The highest BCUT2D eigenvalue weighted by Crippen LogP contribution is 2.14. The average Bonchev–Trinajstić information content (AvgIpc) is 2.13. The number of esters is 1. The molecule has 16 heavy (non-hydrogen) atoms. The maximum atomic E-state index is 11.2. The van der Waals surface area contributed by atoms with E-state index in [0.717, 1.165) is 0 Å². The van der Waals surface area contributed by atoms with Gasteiger partial charge in [-0.15, -0.1) is 0 Å². The number of amides is 1. The lowest BCUT2D eigenvalue weighted by atomic mass is 9.98. The van der Waals surface area contributed by atoms with Crippen LogP contribution in [0.1, 0.15) is 27.7 Å². The number of hydrogen-bond acceptors (Lipinski definition) is 5. The van der Waals surface area contributed by atoms with E-state index in [-0.39, 0.29) is 6.54 Å². The van der Waals surface area contributed by atoms with Gasteiger partial charge in [0.15, 0.2) is 0 Å². The molecule has 0 rings (SSSR count). The van der Waals surface area contributed by atoms with Gasteiger partial charge in [0.1, 0.15) is 0 Å². The zero-order valence-corrected chi connectivity index (χ0v) is 10.1. The third-order valence-corrected chi connectivity index (χ3v) is 1.53. The Bertz CT molecular complexity index is 244. The van der Waals surface area contributed by atoms with Crippen molar-refractivity contribution in [2.45, 2.75) is 33.8 Å². The van der Waals surface area contributed by atoms with Crippen molar-refractivity contribution >= 4 is 12.1 Å². The summed E-state index contributed by atoms with van der Waals surface area (Å²) in [5.74, 6) is -0.448. The van der Waals surface area contributed by atoms with Gasteiger partial charge in [-0.2, -0.15) is 0 Å². The highest BCUT2D eigenvalue weighted by Gasteiger charge is 2.23. The SMILES string of the molecule is C[C@H](O)CNC(=O)OCOC(=O)C(C)(C)C. The van der Waals surface area contributed by atoms with Crippen molar-refractivity contribution < 1.29 is 24.2 Å². The lowest BCUT2D eigenvalue weighted by Gasteiger charge is -2.16. The Labute approximate surface area is 94.9 Å². The standard InChI is InChI=1S/C10H19NO5/c1-7(12)5-11-9(14)16-6-15-8(13)10(2,3)4/h7,12H,5-6H2,1-4H3,(H,11,14)/t7-/m0/s1. The summed E-state index contributed by atoms with van der Waals surface area (Å²) in [4.78, 5) is 22.2. The largest absolute Gasteiger partial charge is 0.427 e. The highest BCUT2D eigenvalue weighted by molar-refractivity contribution is 5.75. The minimum atomic E-state index is -0.734. The molecule has 0 aromatic rings. The van der Waals surface area contributed by atoms with E-state index in [1.165, 1.54) is 6.92 Å². The van der Waals surface area contributed by atoms with E-state index in [1.54, 1.807) is 20.8 Å². The monoisotopic (exact) mass is 233 g/mol. The molecule has 0 aromatic carbocycles. The van der Waals surface area contributed by atoms with Crippen LogP contribution in [0.15, 0.2) is 0 Å². The lowest BCUT2D eigenvalue weighted by Crippen LogP contribution is -2.32. The van der Waals surface area contributed by atoms with Gasteiger partial charge in [0.05, 0.1) is 11.5 Å². The molecule has 2 N–H and O–H groups in total. The summed E-state index contributed by atoms with van der Waals surface area (Å²) < 4.78 is 9.25. The Balaban J connectivity index is 3.67. The molecule has 0 aliphatic carbocycles. The molecular formula is C10H19NO5. The molecule has 0 aliphatic rings. The highest BCUT2D eigenvalue weighted by atomic mass is 16.7. The van der Waals surface area contributed by atoms with Crippen molar-refractivity contribution in [3.05, 3.63) is 0 Å². The van der Waals surface area contributed by atoms with E-state index in [4.69, 9.17) is 9.84 Å². The normalized spacial score (nSPS) is 12.8. The van der Waals surface area contributed by atoms with Crippen molar-refractivity contribution in [1.29, 1.82) is 0 Å². The first-order valence-electron chi connectivity index (χ1n) is 4.99. The summed E-state index contributed by atoms with van der Waals surface area (Å²) in [7, 11) is 0. The number of alkyl carbamates (subject to hydrolysis) is 1. The van der Waals surface area contributed by atoms with E-state index in [1.807, 2.05) is 0 Å². The van der Waals surface area contributed by atoms with Crippen LogP contribution >= 0.6 is 0 Å². The summed E-state index contributed by atoms with van der Waals surface area (Å²) in [6.45, 7) is 6.28. The summed E-state index contributed by atoms with van der Waals surface area (Å²) in [5, 5.41) is 11.2. The first kappa shape index (κ1) is 14.7. The fourth-order valence-corrected chi connectivity index (χ4v) is 0.635. The number of carbonyl (C=O) groups is 2. The van der Waals surface area contributed by atoms with Gasteiger partial charge in [-0.3, -0.25) is 4.79 Å². The second-order valence-corrected chi connectivity index (χ2v) is 4.46. The van der Waals surface area contributed by atoms with E-state index >= 15 is 0 Å². The lowest BCUT2D eigenvalue weighted by molar-refractivity contribution is -0.161. The Hall–Kier alpha value is -1.30. The third kappa shape index (κ3) is 7.05. The Morgan fingerprint density at radius 2 is 1.88 bits per heavy atom. The summed E-state index contributed by atoms with van der Waals surface area (Å²) in [6.07, 6.45) is -1.38. The maximum Gasteiger partial charge on any atom is 0.410 e. The van der Waals surface area contributed by atoms with Crippen LogP contribution in [0.25, 0.3) is 0 Å². The molecule has 0 spiro atoms. The molecular weight excluding hydrogens is 214 g/mol. The van der Waals surface area contributed by atoms with Crippen LogP contribution in [0.4, 0.5) is 4.79 Å². The number of aliphatic hydroxyl groups excluding tert-OH is 1. The Morgan fingerprint density at radius 1 is 1.31 bits per heavy atom. The Morgan fingerprint density at radius 3 is 2.31 bits per heavy atom. The van der Waals surface area contributed by atoms with E-state index in [2.05, 4.69) is 10.1 Å². The van der Waals surface area contributed by atoms with Gasteiger partial charge < -0.3 is 19.9 Å². The fourth-order valence-electron chi connectivity index (χ4n) is 0.635. The Kier molecular flexibility index (Phi) is 5.81. The summed E-state index contributed by atoms with van der Waals surface area (Å²) in [6, 6.07) is 0. The van der Waals surface area contributed by atoms with Crippen LogP contribution in [0.5, 0.6) is 0 Å². The average molecular weight is 233 g/mol. The predicted molar refractivity (Wildman–Crippen MR) is 56.6 cm³/mol. The zero-order valence-electron chi connectivity index (χ0n) is 10.1. The maximum absolute atomic E-state index is 11.2. The molecule has 0 heterocycles. The first-order chi connectivity index (χ1) is 7.23. The minimum Gasteiger partial charge on any atom is -0.427 e. The van der Waals surface area contributed by atoms with E-state index in [9.17, 15) is 9.59 Å². The van der Waals surface area contributed by atoms with Gasteiger partial charge in [-0.1, -0.05) is 0 Å². The number of ether oxygens (including phenoxy) is 2. The molecule has 0 aliphatic heterocycles. The molecule has 1 amide bonds. The molecule has 0 aromatic heterocycles. The molecule has 1 atom stereocenters. The molecule has 0 radical (unpaired) electrons. The first-order valence-corrected chi connectivity index (χ1v) is 4.99. The topological polar surface area (TPSA) is 84.9 Å². The number of aliphatic hydroxyl groups is 1. The quantitative estimate of drug-likeness (QED) is 0.550. The molecule has 0 bridgehead atoms. The predicted octanol–water partition coefficient (Wildman–Crippen LogP) is 0.640. The molecule has 0 saturated carbocycles. The van der Waals surface area contributed by atoms with Gasteiger partial charge in [-0.05, 0) is 27.7 Å². The summed E-state index contributed by atoms with van der Waals surface area (Å²) >= 11 is 0. The van der Waals surface area contributed by atoms with Crippen molar-refractivity contribution in [2.24, 2.45) is 5.41 Å². The van der Waals surface area contributed by atoms with Crippen molar-refractivity contribution in [3.63, 3.8) is 0 Å². The third-order valence-electron chi connectivity index (χ3n) is 1.53. The molecule has 6 heteroatoms. The zero-order chi connectivity index (χ0) is 12.8. The van der Waals surface area contributed by atoms with Gasteiger partial charge in [-0.25, -0.2) is 4.79 Å². The van der Waals surface area contributed by atoms with Crippen LogP contribution in [-0.2, 0) is 14.3 Å². The van der Waals surface area contributed by atoms with Crippen molar-refractivity contribution in [1.82, 2.24) is 5.32 Å². The van der Waals surface area contributed by atoms with Crippen LogP contribution in [-0.4, -0.2) is 36.6 Å². The number of rotatable bonds is 4. The van der Waals surface area contributed by atoms with E-state index < -0.39 is 30.4 Å². The summed E-state index contributed by atoms with van der Waals surface area (Å²) in [5.41, 5.74) is -0.626. The second-order valence-electron chi connectivity index (χ2n) is 4.46. The van der Waals surface area contributed by atoms with Crippen LogP contribution in [0, 0.1) is 5.41 Å². The number of nitrogens with one attached hydrogen (secondary N) is 1. The molecule has 0 unspecified atom stereocenters. The smallest absolute Gasteiger partial charge is 0.410 e. The van der Waals surface area contributed by atoms with Crippen LogP contribution in [0.3, 0.4) is 0 Å². The fraction of sp³-hybridized carbons (Fsp3) is 0.800. The molecule has 6 nitrogen and oxygen atoms in total. The molecule has 0 saturated heterocycles. The van der Waals surface area contributed by atoms with Crippen LogP contribution in [0.2, 0.25) is 0 Å². The minimum absolute atomic E-state index is 0.0893. The number of carbonyl (C=O) groups excluding carboxylic acids is 2. The van der Waals surface area contributed by atoms with Gasteiger partial charge in [0, 0.05) is 6.54 Å². The van der Waals surface area contributed by atoms with Gasteiger partial charge in [0.2, 0.25) is 6.79 Å². The molecule has 94 valence electrons. The van der Waals surface area contributed by atoms with Crippen molar-refractivity contribution in [2.75, 3.05) is 13.3 Å². The van der Waals surface area contributed by atoms with Gasteiger partial charge in [0.25, 0.3) is 0 Å². The van der Waals surface area contributed by atoms with E-state index in [0.29, 0.717) is 0 Å².